The quantitative estimate of drug-likeness (QED) is 0.487. The van der Waals surface area contributed by atoms with Crippen LogP contribution in [0.15, 0.2) is 24.3 Å². The molecular formula is C28H35F2N5O4. The number of rotatable bonds is 7. The summed E-state index contributed by atoms with van der Waals surface area (Å²) >= 11 is 0. The molecule has 0 aromatic heterocycles. The standard InChI is InChI=1S/C28H35F2N5O4/c1-15(2)10-20(32-23(37)21(26(3,4)5)34-22(36)18-12-28(18,29)30)24(38)35-14-27(11-16(35)13-31)17-8-6-7-9-19(17)33-25(27)39/h6-9,15-16,18,20-21H,10-12,14H2,1-5H3,(H,32,37)(H,33,39)(H,34,36)/t16-,18-,20-,21+,27-/m0/s1. The number of likely N-dealkylation sites (tertiary alicyclic amines) is 1. The zero-order chi connectivity index (χ0) is 28.9. The molecule has 1 aliphatic carbocycles. The van der Waals surface area contributed by atoms with E-state index in [-0.39, 0.29) is 31.2 Å². The van der Waals surface area contributed by atoms with Gasteiger partial charge >= 0.3 is 0 Å². The van der Waals surface area contributed by atoms with E-state index in [9.17, 15) is 33.2 Å². The molecule has 39 heavy (non-hydrogen) atoms. The van der Waals surface area contributed by atoms with E-state index in [0.29, 0.717) is 5.69 Å². The zero-order valence-corrected chi connectivity index (χ0v) is 22.8. The maximum atomic E-state index is 13.9. The first-order valence-electron chi connectivity index (χ1n) is 13.2. The summed E-state index contributed by atoms with van der Waals surface area (Å²) in [5, 5.41) is 18.0. The number of benzene rings is 1. The minimum atomic E-state index is -3.08. The summed E-state index contributed by atoms with van der Waals surface area (Å²) in [5.74, 6) is -6.95. The molecule has 1 spiro atoms. The van der Waals surface area contributed by atoms with Gasteiger partial charge in [-0.1, -0.05) is 52.8 Å². The van der Waals surface area contributed by atoms with Crippen molar-refractivity contribution >= 4 is 29.3 Å². The SMILES string of the molecule is CC(C)C[C@H](NC(=O)[C@@H](NC(=O)[C@@H]1CC1(F)F)C(C)(C)C)C(=O)N1C[C@]2(C[C@H]1C#N)C(=O)Nc1ccccc12. The van der Waals surface area contributed by atoms with Crippen molar-refractivity contribution in [3.63, 3.8) is 0 Å². The Morgan fingerprint density at radius 3 is 2.38 bits per heavy atom. The zero-order valence-electron chi connectivity index (χ0n) is 22.8. The highest BCUT2D eigenvalue weighted by atomic mass is 19.3. The first-order chi connectivity index (χ1) is 18.1. The third kappa shape index (κ3) is 5.34. The van der Waals surface area contributed by atoms with Gasteiger partial charge in [-0.25, -0.2) is 8.78 Å². The number of hydrogen-bond donors (Lipinski definition) is 3. The normalized spacial score (nSPS) is 26.4. The first kappa shape index (κ1) is 28.5. The number of carbonyl (C=O) groups excluding carboxylic acids is 4. The minimum Gasteiger partial charge on any atom is -0.343 e. The van der Waals surface area contributed by atoms with Crippen LogP contribution in [0.25, 0.3) is 0 Å². The minimum absolute atomic E-state index is 0.0203. The Kier molecular flexibility index (Phi) is 7.21. The highest BCUT2D eigenvalue weighted by Crippen LogP contribution is 2.49. The predicted molar refractivity (Wildman–Crippen MR) is 138 cm³/mol. The van der Waals surface area contributed by atoms with E-state index >= 15 is 0 Å². The van der Waals surface area contributed by atoms with Crippen molar-refractivity contribution in [2.75, 3.05) is 11.9 Å². The number of anilines is 1. The molecule has 1 aromatic carbocycles. The number of fused-ring (bicyclic) bond motifs is 2. The van der Waals surface area contributed by atoms with Crippen LogP contribution >= 0.6 is 0 Å². The topological polar surface area (TPSA) is 131 Å². The van der Waals surface area contributed by atoms with Crippen molar-refractivity contribution in [1.82, 2.24) is 15.5 Å². The van der Waals surface area contributed by atoms with Crippen LogP contribution < -0.4 is 16.0 Å². The molecule has 3 aliphatic rings. The molecule has 2 heterocycles. The molecule has 4 amide bonds. The monoisotopic (exact) mass is 543 g/mol. The number of alkyl halides is 2. The summed E-state index contributed by atoms with van der Waals surface area (Å²) in [7, 11) is 0. The van der Waals surface area contributed by atoms with Gasteiger partial charge < -0.3 is 20.9 Å². The van der Waals surface area contributed by atoms with E-state index in [1.54, 1.807) is 39.0 Å². The van der Waals surface area contributed by atoms with Gasteiger partial charge in [0.1, 0.15) is 24.0 Å². The number of carbonyl (C=O) groups is 4. The number of halogens is 2. The fourth-order valence-corrected chi connectivity index (χ4v) is 5.55. The van der Waals surface area contributed by atoms with Crippen LogP contribution in [0.4, 0.5) is 14.5 Å². The van der Waals surface area contributed by atoms with Gasteiger partial charge in [0.2, 0.25) is 23.6 Å². The summed E-state index contributed by atoms with van der Waals surface area (Å²) in [4.78, 5) is 54.2. The van der Waals surface area contributed by atoms with Crippen molar-refractivity contribution < 1.29 is 28.0 Å². The number of nitrogens with one attached hydrogen (secondary N) is 3. The second-order valence-corrected chi connectivity index (χ2v) is 12.4. The Balaban J connectivity index is 1.57. The lowest BCUT2D eigenvalue weighted by Crippen LogP contribution is -2.59. The number of para-hydroxylation sites is 1. The molecule has 0 bridgehead atoms. The van der Waals surface area contributed by atoms with Gasteiger partial charge in [0.05, 0.1) is 11.5 Å². The Bertz CT molecular complexity index is 1240. The summed E-state index contributed by atoms with van der Waals surface area (Å²) in [5.41, 5.74) is -0.544. The third-order valence-electron chi connectivity index (χ3n) is 7.79. The summed E-state index contributed by atoms with van der Waals surface area (Å²) in [6, 6.07) is 6.20. The van der Waals surface area contributed by atoms with Crippen LogP contribution in [0.1, 0.15) is 59.4 Å². The number of hydrogen-bond acceptors (Lipinski definition) is 5. The second-order valence-electron chi connectivity index (χ2n) is 12.4. The van der Waals surface area contributed by atoms with Crippen molar-refractivity contribution in [2.24, 2.45) is 17.3 Å². The Labute approximate surface area is 226 Å². The van der Waals surface area contributed by atoms with Crippen LogP contribution in [-0.4, -0.2) is 59.1 Å². The van der Waals surface area contributed by atoms with E-state index in [2.05, 4.69) is 22.0 Å². The fraction of sp³-hybridized carbons (Fsp3) is 0.607. The molecule has 1 saturated carbocycles. The maximum absolute atomic E-state index is 13.9. The Hall–Kier alpha value is -3.55. The van der Waals surface area contributed by atoms with E-state index in [1.807, 2.05) is 19.9 Å². The van der Waals surface area contributed by atoms with Gasteiger partial charge in [0.25, 0.3) is 5.92 Å². The van der Waals surface area contributed by atoms with Gasteiger partial charge in [0.15, 0.2) is 0 Å². The predicted octanol–water partition coefficient (Wildman–Crippen LogP) is 2.72. The highest BCUT2D eigenvalue weighted by Gasteiger charge is 2.62. The molecule has 0 radical (unpaired) electrons. The highest BCUT2D eigenvalue weighted by molar-refractivity contribution is 6.07. The van der Waals surface area contributed by atoms with E-state index in [0.717, 1.165) is 5.56 Å². The molecule has 0 unspecified atom stereocenters. The lowest BCUT2D eigenvalue weighted by atomic mass is 9.80. The van der Waals surface area contributed by atoms with Crippen molar-refractivity contribution in [3.8, 4) is 6.07 Å². The third-order valence-corrected chi connectivity index (χ3v) is 7.79. The van der Waals surface area contributed by atoms with Gasteiger partial charge in [-0.2, -0.15) is 5.26 Å². The molecule has 1 saturated heterocycles. The number of nitrogens with zero attached hydrogens (tertiary/aromatic N) is 2. The average molecular weight is 544 g/mol. The molecule has 5 atom stereocenters. The molecule has 3 N–H and O–H groups in total. The Morgan fingerprint density at radius 2 is 1.82 bits per heavy atom. The van der Waals surface area contributed by atoms with Crippen LogP contribution in [0, 0.1) is 28.6 Å². The van der Waals surface area contributed by atoms with E-state index in [4.69, 9.17) is 0 Å². The molecule has 1 aromatic rings. The summed E-state index contributed by atoms with van der Waals surface area (Å²) < 4.78 is 27.0. The number of nitriles is 1. The van der Waals surface area contributed by atoms with E-state index < -0.39 is 64.9 Å². The fourth-order valence-electron chi connectivity index (χ4n) is 5.55. The maximum Gasteiger partial charge on any atom is 0.260 e. The molecular weight excluding hydrogens is 508 g/mol. The number of amides is 4. The lowest BCUT2D eigenvalue weighted by molar-refractivity contribution is -0.139. The molecule has 4 rings (SSSR count). The van der Waals surface area contributed by atoms with Crippen LogP contribution in [0.3, 0.4) is 0 Å². The summed E-state index contributed by atoms with van der Waals surface area (Å²) in [6.45, 7) is 8.79. The van der Waals surface area contributed by atoms with Gasteiger partial charge in [-0.15, -0.1) is 0 Å². The average Bonchev–Trinajstić information content (AvgIpc) is 3.20. The second kappa shape index (κ2) is 9.88. The van der Waals surface area contributed by atoms with Gasteiger partial charge in [-0.05, 0) is 29.4 Å². The molecule has 11 heteroatoms. The van der Waals surface area contributed by atoms with Crippen molar-refractivity contribution in [3.05, 3.63) is 29.8 Å². The smallest absolute Gasteiger partial charge is 0.260 e. The van der Waals surface area contributed by atoms with Gasteiger partial charge in [0, 0.05) is 25.1 Å². The van der Waals surface area contributed by atoms with Crippen LogP contribution in [-0.2, 0) is 24.6 Å². The van der Waals surface area contributed by atoms with Crippen LogP contribution in [0.2, 0.25) is 0 Å². The van der Waals surface area contributed by atoms with E-state index in [1.165, 1.54) is 4.90 Å². The van der Waals surface area contributed by atoms with Gasteiger partial charge in [-0.3, -0.25) is 19.2 Å². The lowest BCUT2D eigenvalue weighted by Gasteiger charge is -2.33. The Morgan fingerprint density at radius 1 is 1.18 bits per heavy atom. The first-order valence-corrected chi connectivity index (χ1v) is 13.2. The van der Waals surface area contributed by atoms with Crippen molar-refractivity contribution in [2.45, 2.75) is 83.3 Å². The molecule has 210 valence electrons. The summed E-state index contributed by atoms with van der Waals surface area (Å²) in [6.07, 6.45) is -0.202. The van der Waals surface area contributed by atoms with Crippen LogP contribution in [0.5, 0.6) is 0 Å². The largest absolute Gasteiger partial charge is 0.343 e. The molecule has 9 nitrogen and oxygen atoms in total. The molecule has 2 aliphatic heterocycles. The molecule has 2 fully saturated rings. The van der Waals surface area contributed by atoms with Crippen molar-refractivity contribution in [1.29, 1.82) is 5.26 Å².